The molecule has 0 saturated carbocycles. The number of amides is 1. The van der Waals surface area contributed by atoms with E-state index in [1.165, 1.54) is 0 Å². The van der Waals surface area contributed by atoms with Gasteiger partial charge in [-0.05, 0) is 42.2 Å². The van der Waals surface area contributed by atoms with Crippen molar-refractivity contribution in [3.05, 3.63) is 59.9 Å². The number of rotatable bonds is 6. The Kier molecular flexibility index (Phi) is 9.01. The van der Waals surface area contributed by atoms with Crippen LogP contribution in [-0.2, 0) is 27.2 Å². The SMILES string of the molecule is COc1cccc(CC(=O)N2CC[C@@H](OC)[C@@H]2Cc2cccnc2)c1.O=C(O)C(F)(F)F. The van der Waals surface area contributed by atoms with Crippen LogP contribution in [-0.4, -0.2) is 66.0 Å². The standard InChI is InChI=1S/C20H24N2O3.C2HF3O2/c1-24-17-7-3-5-15(11-17)13-20(23)22-10-8-19(25-2)18(22)12-16-6-4-9-21-14-16;3-2(4,5)1(6)7/h3-7,9,11,14,18-19H,8,10,12-13H2,1-2H3;(H,6,7)/t18-,19+;/m0./s1. The number of carbonyl (C=O) groups is 2. The average Bonchev–Trinajstić information content (AvgIpc) is 3.17. The van der Waals surface area contributed by atoms with Crippen molar-refractivity contribution in [3.8, 4) is 5.75 Å². The Hall–Kier alpha value is -3.14. The molecule has 7 nitrogen and oxygen atoms in total. The summed E-state index contributed by atoms with van der Waals surface area (Å²) in [4.78, 5) is 27.9. The van der Waals surface area contributed by atoms with Gasteiger partial charge in [0.1, 0.15) is 5.75 Å². The van der Waals surface area contributed by atoms with Crippen molar-refractivity contribution in [3.63, 3.8) is 0 Å². The Labute approximate surface area is 183 Å². The van der Waals surface area contributed by atoms with Crippen molar-refractivity contribution in [1.29, 1.82) is 0 Å². The molecule has 1 N–H and O–H groups in total. The summed E-state index contributed by atoms with van der Waals surface area (Å²) >= 11 is 0. The maximum atomic E-state index is 12.9. The quantitative estimate of drug-likeness (QED) is 0.722. The van der Waals surface area contributed by atoms with E-state index in [4.69, 9.17) is 19.4 Å². The van der Waals surface area contributed by atoms with Gasteiger partial charge in [-0.25, -0.2) is 4.79 Å². The second-order valence-corrected chi connectivity index (χ2v) is 7.11. The summed E-state index contributed by atoms with van der Waals surface area (Å²) in [5, 5.41) is 7.12. The second kappa shape index (κ2) is 11.5. The third kappa shape index (κ3) is 7.23. The molecule has 0 aliphatic carbocycles. The van der Waals surface area contributed by atoms with E-state index in [1.54, 1.807) is 20.4 Å². The van der Waals surface area contributed by atoms with Gasteiger partial charge in [0, 0.05) is 26.0 Å². The molecule has 2 atom stereocenters. The predicted octanol–water partition coefficient (Wildman–Crippen LogP) is 3.12. The first-order valence-electron chi connectivity index (χ1n) is 9.80. The van der Waals surface area contributed by atoms with E-state index in [1.807, 2.05) is 47.5 Å². The van der Waals surface area contributed by atoms with Crippen LogP contribution in [0, 0.1) is 0 Å². The second-order valence-electron chi connectivity index (χ2n) is 7.11. The zero-order chi connectivity index (χ0) is 23.7. The van der Waals surface area contributed by atoms with Gasteiger partial charge < -0.3 is 19.5 Å². The molecule has 0 spiro atoms. The molecule has 1 aliphatic rings. The minimum atomic E-state index is -5.08. The number of alkyl halides is 3. The maximum Gasteiger partial charge on any atom is 0.490 e. The first-order valence-corrected chi connectivity index (χ1v) is 9.80. The fourth-order valence-corrected chi connectivity index (χ4v) is 3.47. The van der Waals surface area contributed by atoms with Crippen molar-refractivity contribution in [2.75, 3.05) is 20.8 Å². The zero-order valence-corrected chi connectivity index (χ0v) is 17.7. The number of likely N-dealkylation sites (tertiary alicyclic amines) is 1. The van der Waals surface area contributed by atoms with Crippen LogP contribution in [0.4, 0.5) is 13.2 Å². The molecule has 2 aromatic rings. The third-order valence-corrected chi connectivity index (χ3v) is 5.01. The first kappa shape index (κ1) is 25.1. The molecule has 0 unspecified atom stereocenters. The van der Waals surface area contributed by atoms with E-state index < -0.39 is 12.1 Å². The van der Waals surface area contributed by atoms with Gasteiger partial charge in [0.05, 0.1) is 25.7 Å². The number of nitrogens with zero attached hydrogens (tertiary/aromatic N) is 2. The lowest BCUT2D eigenvalue weighted by molar-refractivity contribution is -0.192. The lowest BCUT2D eigenvalue weighted by Crippen LogP contribution is -2.42. The molecule has 1 saturated heterocycles. The van der Waals surface area contributed by atoms with E-state index in [-0.39, 0.29) is 18.1 Å². The summed E-state index contributed by atoms with van der Waals surface area (Å²) in [6.45, 7) is 0.728. The van der Waals surface area contributed by atoms with Gasteiger partial charge in [0.2, 0.25) is 5.91 Å². The highest BCUT2D eigenvalue weighted by atomic mass is 19.4. The number of carbonyl (C=O) groups excluding carboxylic acids is 1. The van der Waals surface area contributed by atoms with E-state index in [9.17, 15) is 18.0 Å². The Balaban J connectivity index is 0.000000451. The van der Waals surface area contributed by atoms with Gasteiger partial charge in [-0.3, -0.25) is 9.78 Å². The van der Waals surface area contributed by atoms with Crippen LogP contribution in [0.1, 0.15) is 17.5 Å². The molecule has 1 fully saturated rings. The summed E-state index contributed by atoms with van der Waals surface area (Å²) in [5.41, 5.74) is 2.08. The summed E-state index contributed by atoms with van der Waals surface area (Å²) in [5.74, 6) is -1.86. The van der Waals surface area contributed by atoms with E-state index in [0.717, 1.165) is 36.3 Å². The number of aromatic nitrogens is 1. The Bertz CT molecular complexity index is 893. The van der Waals surface area contributed by atoms with Crippen LogP contribution in [0.25, 0.3) is 0 Å². The summed E-state index contributed by atoms with van der Waals surface area (Å²) in [6, 6.07) is 11.7. The van der Waals surface area contributed by atoms with E-state index in [2.05, 4.69) is 4.98 Å². The number of benzene rings is 1. The van der Waals surface area contributed by atoms with Crippen molar-refractivity contribution in [2.24, 2.45) is 0 Å². The molecule has 0 bridgehead atoms. The van der Waals surface area contributed by atoms with Gasteiger partial charge in [-0.1, -0.05) is 18.2 Å². The average molecular weight is 454 g/mol. The monoisotopic (exact) mass is 454 g/mol. The number of pyridine rings is 1. The fourth-order valence-electron chi connectivity index (χ4n) is 3.47. The molecule has 32 heavy (non-hydrogen) atoms. The van der Waals surface area contributed by atoms with Gasteiger partial charge >= 0.3 is 12.1 Å². The highest BCUT2D eigenvalue weighted by molar-refractivity contribution is 5.79. The Morgan fingerprint density at radius 3 is 2.44 bits per heavy atom. The largest absolute Gasteiger partial charge is 0.497 e. The van der Waals surface area contributed by atoms with E-state index in [0.29, 0.717) is 6.42 Å². The van der Waals surface area contributed by atoms with Crippen molar-refractivity contribution >= 4 is 11.9 Å². The van der Waals surface area contributed by atoms with Gasteiger partial charge in [0.15, 0.2) is 0 Å². The molecule has 10 heteroatoms. The highest BCUT2D eigenvalue weighted by Gasteiger charge is 2.38. The van der Waals surface area contributed by atoms with Crippen LogP contribution >= 0.6 is 0 Å². The molecule has 1 aromatic heterocycles. The van der Waals surface area contributed by atoms with Crippen LogP contribution in [0.5, 0.6) is 5.75 Å². The number of hydrogen-bond acceptors (Lipinski definition) is 5. The molecule has 174 valence electrons. The van der Waals surface area contributed by atoms with Crippen molar-refractivity contribution in [1.82, 2.24) is 9.88 Å². The normalized spacial score (nSPS) is 18.0. The molecular weight excluding hydrogens is 429 g/mol. The molecule has 1 aromatic carbocycles. The lowest BCUT2D eigenvalue weighted by atomic mass is 10.0. The molecule has 0 radical (unpaired) electrons. The molecule has 1 aliphatic heterocycles. The Morgan fingerprint density at radius 1 is 1.19 bits per heavy atom. The molecule has 1 amide bonds. The minimum Gasteiger partial charge on any atom is -0.497 e. The number of carboxylic acid groups (broad SMARTS) is 1. The van der Waals surface area contributed by atoms with Crippen LogP contribution < -0.4 is 4.74 Å². The first-order chi connectivity index (χ1) is 15.2. The molecule has 2 heterocycles. The van der Waals surface area contributed by atoms with Gasteiger partial charge in [0.25, 0.3) is 0 Å². The van der Waals surface area contributed by atoms with E-state index >= 15 is 0 Å². The van der Waals surface area contributed by atoms with Crippen molar-refractivity contribution in [2.45, 2.75) is 37.6 Å². The van der Waals surface area contributed by atoms with Gasteiger partial charge in [-0.2, -0.15) is 13.2 Å². The number of aliphatic carboxylic acids is 1. The van der Waals surface area contributed by atoms with Crippen LogP contribution in [0.15, 0.2) is 48.8 Å². The smallest absolute Gasteiger partial charge is 0.490 e. The van der Waals surface area contributed by atoms with Crippen LogP contribution in [0.3, 0.4) is 0 Å². The number of halogens is 3. The fraction of sp³-hybridized carbons (Fsp3) is 0.409. The summed E-state index contributed by atoms with van der Waals surface area (Å²) < 4.78 is 42.6. The minimum absolute atomic E-state index is 0.0484. The molecule has 3 rings (SSSR count). The topological polar surface area (TPSA) is 89.0 Å². The van der Waals surface area contributed by atoms with Crippen molar-refractivity contribution < 1.29 is 37.3 Å². The Morgan fingerprint density at radius 2 is 1.88 bits per heavy atom. The number of ether oxygens (including phenoxy) is 2. The number of carboxylic acids is 1. The molecular formula is C22H25F3N2O5. The highest BCUT2D eigenvalue weighted by Crippen LogP contribution is 2.25. The van der Waals surface area contributed by atoms with Crippen LogP contribution in [0.2, 0.25) is 0 Å². The number of methoxy groups -OCH3 is 2. The summed E-state index contributed by atoms with van der Waals surface area (Å²) in [6.07, 6.45) is 0.598. The maximum absolute atomic E-state index is 12.9. The zero-order valence-electron chi connectivity index (χ0n) is 17.7. The summed E-state index contributed by atoms with van der Waals surface area (Å²) in [7, 11) is 3.35. The van der Waals surface area contributed by atoms with Gasteiger partial charge in [-0.15, -0.1) is 0 Å². The third-order valence-electron chi connectivity index (χ3n) is 5.01. The lowest BCUT2D eigenvalue weighted by Gasteiger charge is -2.28. The predicted molar refractivity (Wildman–Crippen MR) is 109 cm³/mol. The number of hydrogen-bond donors (Lipinski definition) is 1.